The van der Waals surface area contributed by atoms with E-state index in [4.69, 9.17) is 16.3 Å². The summed E-state index contributed by atoms with van der Waals surface area (Å²) in [5.41, 5.74) is 1.80. The summed E-state index contributed by atoms with van der Waals surface area (Å²) in [6.45, 7) is 2.37. The maximum Gasteiger partial charge on any atom is 0.246 e. The molecular weight excluding hydrogens is 385 g/mol. The molecule has 0 unspecified atom stereocenters. The molecule has 0 saturated carbocycles. The van der Waals surface area contributed by atoms with Crippen LogP contribution in [0.4, 0.5) is 21.5 Å². The average molecular weight is 406 g/mol. The Balaban J connectivity index is 1.69. The molecule has 148 valence electrons. The zero-order chi connectivity index (χ0) is 20.3. The number of hydrogen-bond donors (Lipinski definition) is 2. The monoisotopic (exact) mass is 405 g/mol. The van der Waals surface area contributed by atoms with Crippen molar-refractivity contribution in [3.05, 3.63) is 47.2 Å². The van der Waals surface area contributed by atoms with Crippen molar-refractivity contribution < 1.29 is 18.7 Å². The maximum absolute atomic E-state index is 13.2. The van der Waals surface area contributed by atoms with Crippen LogP contribution in [0.15, 0.2) is 36.4 Å². The number of rotatable bonds is 6. The molecule has 2 aromatic carbocycles. The lowest BCUT2D eigenvalue weighted by Gasteiger charge is -2.21. The van der Waals surface area contributed by atoms with Gasteiger partial charge in [0.2, 0.25) is 11.8 Å². The third-order valence-corrected chi connectivity index (χ3v) is 4.80. The SMILES string of the molecule is COc1cc(N[C@H](C)C(=O)Nc2ccc(F)c(Cl)c2)ccc1N1CCCC1=O. The normalized spacial score (nSPS) is 14.7. The molecule has 2 aromatic rings. The lowest BCUT2D eigenvalue weighted by molar-refractivity contribution is -0.117. The lowest BCUT2D eigenvalue weighted by Crippen LogP contribution is -2.32. The molecule has 1 aliphatic rings. The first-order chi connectivity index (χ1) is 13.4. The van der Waals surface area contributed by atoms with Crippen molar-refractivity contribution in [2.45, 2.75) is 25.8 Å². The fraction of sp³-hybridized carbons (Fsp3) is 0.300. The van der Waals surface area contributed by atoms with Gasteiger partial charge in [0.25, 0.3) is 0 Å². The van der Waals surface area contributed by atoms with E-state index in [2.05, 4.69) is 10.6 Å². The number of nitrogens with zero attached hydrogens (tertiary/aromatic N) is 1. The smallest absolute Gasteiger partial charge is 0.246 e. The summed E-state index contributed by atoms with van der Waals surface area (Å²) in [4.78, 5) is 26.1. The summed E-state index contributed by atoms with van der Waals surface area (Å²) < 4.78 is 18.7. The van der Waals surface area contributed by atoms with Crippen molar-refractivity contribution in [1.29, 1.82) is 0 Å². The van der Waals surface area contributed by atoms with Crippen molar-refractivity contribution >= 4 is 40.5 Å². The van der Waals surface area contributed by atoms with Crippen LogP contribution in [-0.2, 0) is 9.59 Å². The molecule has 28 heavy (non-hydrogen) atoms. The molecule has 3 rings (SSSR count). The number of nitrogens with one attached hydrogen (secondary N) is 2. The fourth-order valence-corrected chi connectivity index (χ4v) is 3.21. The number of ether oxygens (including phenoxy) is 1. The number of carbonyl (C=O) groups excluding carboxylic acids is 2. The van der Waals surface area contributed by atoms with Crippen LogP contribution >= 0.6 is 11.6 Å². The predicted molar refractivity (Wildman–Crippen MR) is 108 cm³/mol. The second kappa shape index (κ2) is 8.48. The molecule has 8 heteroatoms. The van der Waals surface area contributed by atoms with Gasteiger partial charge in [-0.15, -0.1) is 0 Å². The van der Waals surface area contributed by atoms with E-state index in [-0.39, 0.29) is 16.8 Å². The number of halogens is 2. The van der Waals surface area contributed by atoms with Gasteiger partial charge in [-0.25, -0.2) is 4.39 Å². The van der Waals surface area contributed by atoms with Gasteiger partial charge in [0.15, 0.2) is 0 Å². The van der Waals surface area contributed by atoms with Gasteiger partial charge < -0.3 is 20.3 Å². The Morgan fingerprint density at radius 2 is 2.00 bits per heavy atom. The minimum absolute atomic E-state index is 0.0600. The molecule has 1 aliphatic heterocycles. The molecular formula is C20H21ClFN3O3. The van der Waals surface area contributed by atoms with Crippen LogP contribution in [0, 0.1) is 5.82 Å². The molecule has 0 aliphatic carbocycles. The summed E-state index contributed by atoms with van der Waals surface area (Å²) in [7, 11) is 1.54. The highest BCUT2D eigenvalue weighted by atomic mass is 35.5. The third-order valence-electron chi connectivity index (χ3n) is 4.51. The molecule has 1 atom stereocenters. The Morgan fingerprint density at radius 3 is 2.64 bits per heavy atom. The van der Waals surface area contributed by atoms with Gasteiger partial charge >= 0.3 is 0 Å². The number of carbonyl (C=O) groups is 2. The van der Waals surface area contributed by atoms with Crippen molar-refractivity contribution in [2.75, 3.05) is 29.2 Å². The summed E-state index contributed by atoms with van der Waals surface area (Å²) in [5, 5.41) is 5.71. The quantitative estimate of drug-likeness (QED) is 0.760. The Morgan fingerprint density at radius 1 is 1.25 bits per heavy atom. The van der Waals surface area contributed by atoms with Gasteiger partial charge in [-0.3, -0.25) is 9.59 Å². The van der Waals surface area contributed by atoms with E-state index in [9.17, 15) is 14.0 Å². The van der Waals surface area contributed by atoms with Crippen molar-refractivity contribution in [3.63, 3.8) is 0 Å². The van der Waals surface area contributed by atoms with Crippen molar-refractivity contribution in [2.24, 2.45) is 0 Å². The van der Waals surface area contributed by atoms with E-state index in [0.717, 1.165) is 6.42 Å². The van der Waals surface area contributed by atoms with Crippen LogP contribution < -0.4 is 20.3 Å². The van der Waals surface area contributed by atoms with E-state index < -0.39 is 11.9 Å². The van der Waals surface area contributed by atoms with Crippen LogP contribution in [0.25, 0.3) is 0 Å². The van der Waals surface area contributed by atoms with Gasteiger partial charge in [-0.05, 0) is 43.7 Å². The van der Waals surface area contributed by atoms with Crippen LogP contribution in [0.2, 0.25) is 5.02 Å². The van der Waals surface area contributed by atoms with E-state index >= 15 is 0 Å². The fourth-order valence-electron chi connectivity index (χ4n) is 3.03. The molecule has 1 fully saturated rings. The van der Waals surface area contributed by atoms with E-state index in [0.29, 0.717) is 35.8 Å². The zero-order valence-electron chi connectivity index (χ0n) is 15.6. The van der Waals surface area contributed by atoms with E-state index in [1.54, 1.807) is 30.0 Å². The van der Waals surface area contributed by atoms with Crippen LogP contribution in [0.3, 0.4) is 0 Å². The first-order valence-electron chi connectivity index (χ1n) is 8.90. The number of hydrogen-bond acceptors (Lipinski definition) is 4. The van der Waals surface area contributed by atoms with Gasteiger partial charge in [0.05, 0.1) is 17.8 Å². The first-order valence-corrected chi connectivity index (χ1v) is 9.27. The molecule has 6 nitrogen and oxygen atoms in total. The van der Waals surface area contributed by atoms with E-state index in [1.165, 1.54) is 25.3 Å². The summed E-state index contributed by atoms with van der Waals surface area (Å²) in [6.07, 6.45) is 1.36. The molecule has 0 bridgehead atoms. The van der Waals surface area contributed by atoms with Crippen molar-refractivity contribution in [3.8, 4) is 5.75 Å². The van der Waals surface area contributed by atoms with Gasteiger partial charge in [0.1, 0.15) is 17.6 Å². The maximum atomic E-state index is 13.2. The number of amides is 2. The van der Waals surface area contributed by atoms with Gasteiger partial charge in [0, 0.05) is 30.4 Å². The summed E-state index contributed by atoms with van der Waals surface area (Å²) in [5.74, 6) is -0.224. The highest BCUT2D eigenvalue weighted by Crippen LogP contribution is 2.34. The van der Waals surface area contributed by atoms with Crippen LogP contribution in [0.1, 0.15) is 19.8 Å². The topological polar surface area (TPSA) is 70.7 Å². The Labute approximate surface area is 167 Å². The molecule has 0 spiro atoms. The Hall–Kier alpha value is -2.80. The highest BCUT2D eigenvalue weighted by Gasteiger charge is 2.24. The second-order valence-corrected chi connectivity index (χ2v) is 6.93. The Bertz CT molecular complexity index is 906. The van der Waals surface area contributed by atoms with Gasteiger partial charge in [-0.2, -0.15) is 0 Å². The molecule has 0 aromatic heterocycles. The summed E-state index contributed by atoms with van der Waals surface area (Å²) in [6, 6.07) is 8.76. The van der Waals surface area contributed by atoms with Crippen molar-refractivity contribution in [1.82, 2.24) is 0 Å². The molecule has 1 heterocycles. The van der Waals surface area contributed by atoms with Crippen LogP contribution in [0.5, 0.6) is 5.75 Å². The molecule has 2 amide bonds. The Kier molecular flexibility index (Phi) is 6.04. The number of benzene rings is 2. The van der Waals surface area contributed by atoms with E-state index in [1.807, 2.05) is 0 Å². The van der Waals surface area contributed by atoms with Gasteiger partial charge in [-0.1, -0.05) is 11.6 Å². The largest absolute Gasteiger partial charge is 0.494 e. The lowest BCUT2D eigenvalue weighted by atomic mass is 10.2. The first kappa shape index (κ1) is 19.9. The molecule has 1 saturated heterocycles. The number of anilines is 3. The predicted octanol–water partition coefficient (Wildman–Crippen LogP) is 4.05. The molecule has 0 radical (unpaired) electrons. The summed E-state index contributed by atoms with van der Waals surface area (Å²) >= 11 is 5.74. The third kappa shape index (κ3) is 4.36. The zero-order valence-corrected chi connectivity index (χ0v) is 16.3. The highest BCUT2D eigenvalue weighted by molar-refractivity contribution is 6.31. The molecule has 2 N–H and O–H groups in total. The minimum Gasteiger partial charge on any atom is -0.494 e. The standard InChI is InChI=1S/C20H21ClFN3O3/c1-12(20(27)24-13-5-7-16(22)15(21)10-13)23-14-6-8-17(18(11-14)28-2)25-9-3-4-19(25)26/h5-8,10-12,23H,3-4,9H2,1-2H3,(H,24,27)/t12-/m1/s1. The number of methoxy groups -OCH3 is 1. The minimum atomic E-state index is -0.576. The second-order valence-electron chi connectivity index (χ2n) is 6.52. The average Bonchev–Trinajstić information content (AvgIpc) is 3.10. The van der Waals surface area contributed by atoms with Crippen LogP contribution in [-0.4, -0.2) is 31.5 Å².